The summed E-state index contributed by atoms with van der Waals surface area (Å²) in [6, 6.07) is 2.94. The Labute approximate surface area is 134 Å². The van der Waals surface area contributed by atoms with Crippen LogP contribution < -0.4 is 9.47 Å². The SMILES string of the molecule is CC(C)(C)C(=O)c1cc(OCC(F)(F)F)ccc1OCC(F)(F)F. The van der Waals surface area contributed by atoms with Gasteiger partial charge in [-0.1, -0.05) is 20.8 Å². The van der Waals surface area contributed by atoms with Crippen molar-refractivity contribution in [3.63, 3.8) is 0 Å². The molecule has 0 aliphatic heterocycles. The molecule has 0 bridgehead atoms. The minimum absolute atomic E-state index is 0.272. The van der Waals surface area contributed by atoms with Gasteiger partial charge in [-0.3, -0.25) is 4.79 Å². The van der Waals surface area contributed by atoms with Crippen LogP contribution >= 0.6 is 0 Å². The van der Waals surface area contributed by atoms with Gasteiger partial charge in [0.05, 0.1) is 5.56 Å². The zero-order valence-corrected chi connectivity index (χ0v) is 13.1. The minimum atomic E-state index is -4.62. The van der Waals surface area contributed by atoms with E-state index in [1.54, 1.807) is 0 Å². The Balaban J connectivity index is 3.12. The van der Waals surface area contributed by atoms with Crippen molar-refractivity contribution >= 4 is 5.78 Å². The number of halogens is 6. The molecule has 0 saturated heterocycles. The predicted octanol–water partition coefficient (Wildman–Crippen LogP) is 4.80. The van der Waals surface area contributed by atoms with Crippen molar-refractivity contribution in [3.8, 4) is 11.5 Å². The molecule has 0 aromatic heterocycles. The zero-order chi connectivity index (χ0) is 18.8. The van der Waals surface area contributed by atoms with Gasteiger partial charge < -0.3 is 9.47 Å². The van der Waals surface area contributed by atoms with Crippen molar-refractivity contribution in [3.05, 3.63) is 23.8 Å². The van der Waals surface area contributed by atoms with E-state index in [9.17, 15) is 31.1 Å². The fourth-order valence-electron chi connectivity index (χ4n) is 1.63. The lowest BCUT2D eigenvalue weighted by Crippen LogP contribution is -2.24. The summed E-state index contributed by atoms with van der Waals surface area (Å²) in [5.74, 6) is -1.25. The van der Waals surface area contributed by atoms with Crippen LogP contribution in [-0.4, -0.2) is 31.3 Å². The quantitative estimate of drug-likeness (QED) is 0.560. The summed E-state index contributed by atoms with van der Waals surface area (Å²) in [6.07, 6.45) is -9.20. The Morgan fingerprint density at radius 1 is 0.917 bits per heavy atom. The van der Waals surface area contributed by atoms with E-state index in [1.165, 1.54) is 20.8 Å². The lowest BCUT2D eigenvalue weighted by molar-refractivity contribution is -0.154. The molecule has 0 aliphatic rings. The number of ether oxygens (including phenoxy) is 2. The van der Waals surface area contributed by atoms with Gasteiger partial charge in [-0.2, -0.15) is 26.3 Å². The van der Waals surface area contributed by atoms with E-state index in [1.807, 2.05) is 0 Å². The van der Waals surface area contributed by atoms with Gasteiger partial charge in [-0.15, -0.1) is 0 Å². The van der Waals surface area contributed by atoms with Gasteiger partial charge in [0.1, 0.15) is 11.5 Å². The Hall–Kier alpha value is -1.93. The highest BCUT2D eigenvalue weighted by Crippen LogP contribution is 2.32. The van der Waals surface area contributed by atoms with Crippen LogP contribution in [-0.2, 0) is 0 Å². The maximum atomic E-state index is 12.3. The number of Topliss-reactive ketones (excluding diaryl/α,β-unsaturated/α-hetero) is 1. The summed E-state index contributed by atoms with van der Waals surface area (Å²) in [7, 11) is 0. The molecule has 0 radical (unpaired) electrons. The molecule has 0 amide bonds. The van der Waals surface area contributed by atoms with E-state index in [4.69, 9.17) is 0 Å². The van der Waals surface area contributed by atoms with Crippen molar-refractivity contribution in [2.75, 3.05) is 13.2 Å². The number of rotatable bonds is 5. The van der Waals surface area contributed by atoms with E-state index in [2.05, 4.69) is 9.47 Å². The average molecular weight is 358 g/mol. The van der Waals surface area contributed by atoms with E-state index >= 15 is 0 Å². The fourth-order valence-corrected chi connectivity index (χ4v) is 1.63. The fraction of sp³-hybridized carbons (Fsp3) is 0.533. The van der Waals surface area contributed by atoms with Crippen LogP contribution in [0.2, 0.25) is 0 Å². The first-order chi connectivity index (χ1) is 10.7. The van der Waals surface area contributed by atoms with Crippen LogP contribution in [0.5, 0.6) is 11.5 Å². The molecule has 24 heavy (non-hydrogen) atoms. The van der Waals surface area contributed by atoms with Crippen LogP contribution in [0.3, 0.4) is 0 Å². The topological polar surface area (TPSA) is 35.5 Å². The standard InChI is InChI=1S/C15H16F6O3/c1-13(2,3)12(22)10-6-9(23-7-14(16,17)18)4-5-11(10)24-8-15(19,20)21/h4-6H,7-8H2,1-3H3. The van der Waals surface area contributed by atoms with E-state index in [-0.39, 0.29) is 17.1 Å². The molecule has 1 aromatic carbocycles. The largest absolute Gasteiger partial charge is 0.484 e. The van der Waals surface area contributed by atoms with Crippen molar-refractivity contribution in [2.24, 2.45) is 5.41 Å². The van der Waals surface area contributed by atoms with Gasteiger partial charge in [0, 0.05) is 5.41 Å². The third-order valence-electron chi connectivity index (χ3n) is 2.67. The maximum Gasteiger partial charge on any atom is 0.422 e. The molecule has 0 atom stereocenters. The molecule has 1 aromatic rings. The van der Waals surface area contributed by atoms with Gasteiger partial charge >= 0.3 is 12.4 Å². The number of carbonyl (C=O) groups is 1. The lowest BCUT2D eigenvalue weighted by atomic mass is 9.86. The second-order valence-corrected chi connectivity index (χ2v) is 6.04. The molecule has 0 fully saturated rings. The zero-order valence-electron chi connectivity index (χ0n) is 13.1. The second-order valence-electron chi connectivity index (χ2n) is 6.04. The predicted molar refractivity (Wildman–Crippen MR) is 73.3 cm³/mol. The van der Waals surface area contributed by atoms with Crippen LogP contribution in [0.25, 0.3) is 0 Å². The van der Waals surface area contributed by atoms with Crippen LogP contribution in [0.4, 0.5) is 26.3 Å². The van der Waals surface area contributed by atoms with Crippen molar-refractivity contribution in [1.82, 2.24) is 0 Å². The van der Waals surface area contributed by atoms with Gasteiger partial charge in [-0.05, 0) is 18.2 Å². The Morgan fingerprint density at radius 3 is 1.88 bits per heavy atom. The Bertz CT molecular complexity index is 584. The lowest BCUT2D eigenvalue weighted by Gasteiger charge is -2.20. The molecular formula is C15H16F6O3. The van der Waals surface area contributed by atoms with Gasteiger partial charge in [0.25, 0.3) is 0 Å². The first-order valence-electron chi connectivity index (χ1n) is 6.77. The molecule has 0 heterocycles. The minimum Gasteiger partial charge on any atom is -0.484 e. The van der Waals surface area contributed by atoms with Crippen LogP contribution in [0.15, 0.2) is 18.2 Å². The first kappa shape index (κ1) is 20.1. The number of benzene rings is 1. The maximum absolute atomic E-state index is 12.3. The van der Waals surface area contributed by atoms with Crippen molar-refractivity contribution < 1.29 is 40.6 Å². The smallest absolute Gasteiger partial charge is 0.422 e. The number of ketones is 1. The number of hydrogen-bond acceptors (Lipinski definition) is 3. The second kappa shape index (κ2) is 6.90. The molecule has 136 valence electrons. The normalized spacial score (nSPS) is 12.9. The average Bonchev–Trinajstić information content (AvgIpc) is 2.39. The summed E-state index contributed by atoms with van der Waals surface area (Å²) in [5, 5.41) is 0. The number of alkyl halides is 6. The Morgan fingerprint density at radius 2 is 1.42 bits per heavy atom. The van der Waals surface area contributed by atoms with Gasteiger partial charge in [0.15, 0.2) is 19.0 Å². The molecule has 0 aliphatic carbocycles. The molecule has 0 spiro atoms. The van der Waals surface area contributed by atoms with Crippen LogP contribution in [0, 0.1) is 5.41 Å². The number of carbonyl (C=O) groups excluding carboxylic acids is 1. The molecule has 0 saturated carbocycles. The molecule has 1 rings (SSSR count). The van der Waals surface area contributed by atoms with E-state index in [0.29, 0.717) is 0 Å². The number of hydrogen-bond donors (Lipinski definition) is 0. The van der Waals surface area contributed by atoms with Crippen molar-refractivity contribution in [2.45, 2.75) is 33.1 Å². The van der Waals surface area contributed by atoms with E-state index in [0.717, 1.165) is 18.2 Å². The molecule has 0 N–H and O–H groups in total. The summed E-state index contributed by atoms with van der Waals surface area (Å²) < 4.78 is 82.5. The molecule has 0 unspecified atom stereocenters. The molecule has 9 heteroatoms. The molecule has 3 nitrogen and oxygen atoms in total. The summed E-state index contributed by atoms with van der Waals surface area (Å²) >= 11 is 0. The highest BCUT2D eigenvalue weighted by molar-refractivity contribution is 6.02. The monoisotopic (exact) mass is 358 g/mol. The highest BCUT2D eigenvalue weighted by atomic mass is 19.4. The first-order valence-corrected chi connectivity index (χ1v) is 6.77. The highest BCUT2D eigenvalue weighted by Gasteiger charge is 2.32. The van der Waals surface area contributed by atoms with Crippen molar-refractivity contribution in [1.29, 1.82) is 0 Å². The van der Waals surface area contributed by atoms with Crippen LogP contribution in [0.1, 0.15) is 31.1 Å². The molecular weight excluding hydrogens is 342 g/mol. The summed E-state index contributed by atoms with van der Waals surface area (Å²) in [6.45, 7) is 1.35. The summed E-state index contributed by atoms with van der Waals surface area (Å²) in [5.41, 5.74) is -1.25. The third-order valence-corrected chi connectivity index (χ3v) is 2.67. The van der Waals surface area contributed by atoms with E-state index < -0.39 is 36.8 Å². The van der Waals surface area contributed by atoms with Gasteiger partial charge in [-0.25, -0.2) is 0 Å². The van der Waals surface area contributed by atoms with Gasteiger partial charge in [0.2, 0.25) is 0 Å². The Kier molecular flexibility index (Phi) is 5.78. The third kappa shape index (κ3) is 6.67. The summed E-state index contributed by atoms with van der Waals surface area (Å²) in [4.78, 5) is 12.3.